The Morgan fingerprint density at radius 3 is 2.62 bits per heavy atom. The van der Waals surface area contributed by atoms with Crippen molar-refractivity contribution in [1.29, 1.82) is 0 Å². The van der Waals surface area contributed by atoms with E-state index in [-0.39, 0.29) is 5.54 Å². The van der Waals surface area contributed by atoms with E-state index in [0.717, 1.165) is 25.6 Å². The Morgan fingerprint density at radius 2 is 2.00 bits per heavy atom. The molecule has 0 radical (unpaired) electrons. The van der Waals surface area contributed by atoms with E-state index in [4.69, 9.17) is 0 Å². The summed E-state index contributed by atoms with van der Waals surface area (Å²) >= 11 is 0. The van der Waals surface area contributed by atoms with Gasteiger partial charge in [0.15, 0.2) is 0 Å². The van der Waals surface area contributed by atoms with E-state index in [9.17, 15) is 0 Å². The molecule has 0 bridgehead atoms. The maximum atomic E-state index is 3.72. The highest BCUT2D eigenvalue weighted by Gasteiger charge is 2.34. The summed E-state index contributed by atoms with van der Waals surface area (Å²) in [6, 6.07) is 7.56. The molecular weight excluding hydrogens is 256 g/mol. The second-order valence-electron chi connectivity index (χ2n) is 7.54. The Hall–Kier alpha value is -0.860. The molecule has 2 heteroatoms. The maximum Gasteiger partial charge on any atom is 0.0253 e. The van der Waals surface area contributed by atoms with Gasteiger partial charge in [0.1, 0.15) is 0 Å². The van der Waals surface area contributed by atoms with Crippen LogP contribution < -0.4 is 5.32 Å². The Labute approximate surface area is 130 Å². The predicted molar refractivity (Wildman–Crippen MR) is 91.7 cm³/mol. The zero-order chi connectivity index (χ0) is 15.6. The lowest BCUT2D eigenvalue weighted by molar-refractivity contribution is 0.0571. The highest BCUT2D eigenvalue weighted by molar-refractivity contribution is 5.30. The van der Waals surface area contributed by atoms with Crippen LogP contribution in [0.5, 0.6) is 0 Å². The molecule has 2 rings (SSSR count). The monoisotopic (exact) mass is 288 g/mol. The van der Waals surface area contributed by atoms with Gasteiger partial charge in [0.2, 0.25) is 0 Å². The Morgan fingerprint density at radius 1 is 1.29 bits per heavy atom. The SMILES string of the molecule is CCC(C)C1CNC(C)(C)CN1Cc1ccc(C)c(C)c1. The van der Waals surface area contributed by atoms with Gasteiger partial charge < -0.3 is 5.32 Å². The van der Waals surface area contributed by atoms with Crippen molar-refractivity contribution in [3.05, 3.63) is 34.9 Å². The molecule has 1 aliphatic heterocycles. The smallest absolute Gasteiger partial charge is 0.0253 e. The van der Waals surface area contributed by atoms with Gasteiger partial charge in [0, 0.05) is 31.2 Å². The molecule has 2 atom stereocenters. The third kappa shape index (κ3) is 4.08. The lowest BCUT2D eigenvalue weighted by atomic mass is 9.90. The largest absolute Gasteiger partial charge is 0.309 e. The lowest BCUT2D eigenvalue weighted by Crippen LogP contribution is -2.62. The molecule has 1 aromatic rings. The maximum absolute atomic E-state index is 3.72. The normalized spacial score (nSPS) is 24.0. The van der Waals surface area contributed by atoms with Gasteiger partial charge >= 0.3 is 0 Å². The van der Waals surface area contributed by atoms with Crippen molar-refractivity contribution < 1.29 is 0 Å². The number of aryl methyl sites for hydroxylation is 2. The second-order valence-corrected chi connectivity index (χ2v) is 7.54. The summed E-state index contributed by atoms with van der Waals surface area (Å²) in [6.07, 6.45) is 1.25. The molecule has 2 nitrogen and oxygen atoms in total. The number of piperazine rings is 1. The molecule has 0 spiro atoms. The van der Waals surface area contributed by atoms with Crippen molar-refractivity contribution in [3.63, 3.8) is 0 Å². The molecule has 118 valence electrons. The summed E-state index contributed by atoms with van der Waals surface area (Å²) in [7, 11) is 0. The number of nitrogens with zero attached hydrogens (tertiary/aromatic N) is 1. The van der Waals surface area contributed by atoms with Gasteiger partial charge in [-0.1, -0.05) is 38.5 Å². The number of benzene rings is 1. The average Bonchev–Trinajstić information content (AvgIpc) is 2.41. The van der Waals surface area contributed by atoms with Gasteiger partial charge in [-0.3, -0.25) is 4.90 Å². The first-order chi connectivity index (χ1) is 9.82. The zero-order valence-electron chi connectivity index (χ0n) is 14.7. The molecule has 0 aliphatic carbocycles. The fourth-order valence-corrected chi connectivity index (χ4v) is 3.33. The van der Waals surface area contributed by atoms with Crippen LogP contribution in [0.1, 0.15) is 50.8 Å². The average molecular weight is 288 g/mol. The fraction of sp³-hybridized carbons (Fsp3) is 0.684. The van der Waals surface area contributed by atoms with E-state index >= 15 is 0 Å². The highest BCUT2D eigenvalue weighted by atomic mass is 15.2. The van der Waals surface area contributed by atoms with Crippen LogP contribution in [-0.4, -0.2) is 29.6 Å². The fourth-order valence-electron chi connectivity index (χ4n) is 3.33. The van der Waals surface area contributed by atoms with Crippen LogP contribution >= 0.6 is 0 Å². The minimum absolute atomic E-state index is 0.212. The third-order valence-corrected chi connectivity index (χ3v) is 5.11. The molecule has 21 heavy (non-hydrogen) atoms. The van der Waals surface area contributed by atoms with Crippen LogP contribution in [0, 0.1) is 19.8 Å². The molecule has 1 N–H and O–H groups in total. The van der Waals surface area contributed by atoms with Gasteiger partial charge in [-0.15, -0.1) is 0 Å². The second kappa shape index (κ2) is 6.50. The molecule has 1 saturated heterocycles. The van der Waals surface area contributed by atoms with Crippen molar-refractivity contribution >= 4 is 0 Å². The van der Waals surface area contributed by atoms with Crippen LogP contribution in [0.15, 0.2) is 18.2 Å². The molecule has 0 aromatic heterocycles. The van der Waals surface area contributed by atoms with Gasteiger partial charge in [-0.25, -0.2) is 0 Å². The van der Waals surface area contributed by atoms with E-state index in [1.807, 2.05) is 0 Å². The Kier molecular flexibility index (Phi) is 5.11. The van der Waals surface area contributed by atoms with E-state index in [0.29, 0.717) is 6.04 Å². The van der Waals surface area contributed by atoms with E-state index in [1.54, 1.807) is 0 Å². The van der Waals surface area contributed by atoms with Crippen molar-refractivity contribution in [3.8, 4) is 0 Å². The van der Waals surface area contributed by atoms with E-state index < -0.39 is 0 Å². The summed E-state index contributed by atoms with van der Waals surface area (Å²) in [6.45, 7) is 17.0. The molecule has 0 saturated carbocycles. The molecule has 1 heterocycles. The van der Waals surface area contributed by atoms with Crippen LogP contribution in [0.25, 0.3) is 0 Å². The number of hydrogen-bond donors (Lipinski definition) is 1. The zero-order valence-corrected chi connectivity index (χ0v) is 14.7. The molecule has 2 unspecified atom stereocenters. The summed E-state index contributed by atoms with van der Waals surface area (Å²) in [4.78, 5) is 2.69. The first-order valence-corrected chi connectivity index (χ1v) is 8.37. The number of hydrogen-bond acceptors (Lipinski definition) is 2. The van der Waals surface area contributed by atoms with E-state index in [1.165, 1.54) is 23.1 Å². The minimum atomic E-state index is 0.212. The van der Waals surface area contributed by atoms with Crippen molar-refractivity contribution in [2.45, 2.75) is 66.1 Å². The van der Waals surface area contributed by atoms with Crippen LogP contribution in [0.4, 0.5) is 0 Å². The van der Waals surface area contributed by atoms with Gasteiger partial charge in [-0.2, -0.15) is 0 Å². The van der Waals surface area contributed by atoms with Gasteiger partial charge in [0.05, 0.1) is 0 Å². The molecular formula is C19H32N2. The lowest BCUT2D eigenvalue weighted by Gasteiger charge is -2.47. The predicted octanol–water partition coefficient (Wildman–Crippen LogP) is 3.90. The molecule has 0 amide bonds. The summed E-state index contributed by atoms with van der Waals surface area (Å²) in [5, 5.41) is 3.72. The van der Waals surface area contributed by atoms with Crippen LogP contribution in [0.3, 0.4) is 0 Å². The van der Waals surface area contributed by atoms with E-state index in [2.05, 4.69) is 70.0 Å². The van der Waals surface area contributed by atoms with Crippen molar-refractivity contribution in [2.24, 2.45) is 5.92 Å². The summed E-state index contributed by atoms with van der Waals surface area (Å²) < 4.78 is 0. The van der Waals surface area contributed by atoms with Gasteiger partial charge in [0.25, 0.3) is 0 Å². The van der Waals surface area contributed by atoms with Crippen molar-refractivity contribution in [2.75, 3.05) is 13.1 Å². The third-order valence-electron chi connectivity index (χ3n) is 5.11. The number of nitrogens with one attached hydrogen (secondary N) is 1. The van der Waals surface area contributed by atoms with Crippen molar-refractivity contribution in [1.82, 2.24) is 10.2 Å². The highest BCUT2D eigenvalue weighted by Crippen LogP contribution is 2.24. The first-order valence-electron chi connectivity index (χ1n) is 8.37. The van der Waals surface area contributed by atoms with Crippen LogP contribution in [0.2, 0.25) is 0 Å². The molecule has 1 fully saturated rings. The topological polar surface area (TPSA) is 15.3 Å². The number of rotatable bonds is 4. The first kappa shape index (κ1) is 16.5. The summed E-state index contributed by atoms with van der Waals surface area (Å²) in [5.41, 5.74) is 4.45. The summed E-state index contributed by atoms with van der Waals surface area (Å²) in [5.74, 6) is 0.736. The van der Waals surface area contributed by atoms with Crippen LogP contribution in [-0.2, 0) is 6.54 Å². The van der Waals surface area contributed by atoms with Gasteiger partial charge in [-0.05, 0) is 50.3 Å². The molecule has 1 aromatic carbocycles. The standard InChI is InChI=1S/C19H32N2/c1-7-14(2)18-11-20-19(5,6)13-21(18)12-17-9-8-15(3)16(4)10-17/h8-10,14,18,20H,7,11-13H2,1-6H3. The quantitative estimate of drug-likeness (QED) is 0.904. The Bertz CT molecular complexity index is 478. The Balaban J connectivity index is 2.17. The minimum Gasteiger partial charge on any atom is -0.309 e. The molecule has 1 aliphatic rings.